The second-order valence-electron chi connectivity index (χ2n) is 4.96. The number of nitrogens with one attached hydrogen (secondary N) is 2. The van der Waals surface area contributed by atoms with Crippen LogP contribution >= 0.6 is 0 Å². The van der Waals surface area contributed by atoms with E-state index in [0.717, 1.165) is 22.4 Å². The van der Waals surface area contributed by atoms with Crippen LogP contribution in [0, 0.1) is 13.8 Å². The first-order chi connectivity index (χ1) is 9.94. The molecule has 1 aromatic carbocycles. The molecule has 2 aromatic rings. The van der Waals surface area contributed by atoms with Crippen molar-refractivity contribution < 1.29 is 8.42 Å². The summed E-state index contributed by atoms with van der Waals surface area (Å²) in [7, 11) is -3.54. The van der Waals surface area contributed by atoms with Crippen LogP contribution in [0.3, 0.4) is 0 Å². The average Bonchev–Trinajstić information content (AvgIpc) is 2.94. The molecule has 0 aliphatic carbocycles. The highest BCUT2D eigenvalue weighted by Crippen LogP contribution is 2.20. The average molecular weight is 308 g/mol. The molecule has 0 atom stereocenters. The van der Waals surface area contributed by atoms with E-state index >= 15 is 0 Å². The van der Waals surface area contributed by atoms with Crippen LogP contribution in [0.1, 0.15) is 22.4 Å². The molecule has 21 heavy (non-hydrogen) atoms. The fourth-order valence-corrected chi connectivity index (χ4v) is 3.51. The normalized spacial score (nSPS) is 11.8. The van der Waals surface area contributed by atoms with Gasteiger partial charge in [0.25, 0.3) is 0 Å². The fraction of sp³-hybridized carbons (Fsp3) is 0.357. The number of nitrogens with two attached hydrogens (primary N) is 1. The summed E-state index contributed by atoms with van der Waals surface area (Å²) < 4.78 is 27.5. The van der Waals surface area contributed by atoms with Gasteiger partial charge in [0, 0.05) is 31.4 Å². The second kappa shape index (κ2) is 6.38. The van der Waals surface area contributed by atoms with Crippen molar-refractivity contribution in [3.63, 3.8) is 0 Å². The lowest BCUT2D eigenvalue weighted by Crippen LogP contribution is -2.27. The van der Waals surface area contributed by atoms with E-state index < -0.39 is 10.0 Å². The molecule has 6 nitrogen and oxygen atoms in total. The smallest absolute Gasteiger partial charge is 0.240 e. The minimum Gasteiger partial charge on any atom is -0.348 e. The molecule has 0 aliphatic rings. The summed E-state index contributed by atoms with van der Waals surface area (Å²) in [4.78, 5) is 7.14. The molecular weight excluding hydrogens is 288 g/mol. The quantitative estimate of drug-likeness (QED) is 0.741. The van der Waals surface area contributed by atoms with Gasteiger partial charge >= 0.3 is 0 Å². The zero-order valence-corrected chi connectivity index (χ0v) is 13.0. The van der Waals surface area contributed by atoms with Crippen LogP contribution in [0.15, 0.2) is 29.6 Å². The lowest BCUT2D eigenvalue weighted by Gasteiger charge is -2.13. The van der Waals surface area contributed by atoms with Crippen LogP contribution in [0.4, 0.5) is 0 Å². The number of sulfonamides is 1. The molecule has 0 saturated carbocycles. The Morgan fingerprint density at radius 3 is 2.71 bits per heavy atom. The van der Waals surface area contributed by atoms with Crippen LogP contribution in [0.25, 0.3) is 0 Å². The number of nitrogens with zero attached hydrogens (tertiary/aromatic N) is 1. The van der Waals surface area contributed by atoms with Crippen molar-refractivity contribution >= 4 is 10.0 Å². The Hall–Kier alpha value is -1.70. The number of hydrogen-bond donors (Lipinski definition) is 3. The molecule has 0 amide bonds. The Balaban J connectivity index is 2.17. The van der Waals surface area contributed by atoms with E-state index in [-0.39, 0.29) is 0 Å². The predicted molar refractivity (Wildman–Crippen MR) is 81.3 cm³/mol. The zero-order chi connectivity index (χ0) is 15.5. The van der Waals surface area contributed by atoms with E-state index in [4.69, 9.17) is 5.73 Å². The van der Waals surface area contributed by atoms with E-state index in [1.54, 1.807) is 25.5 Å². The van der Waals surface area contributed by atoms with Crippen molar-refractivity contribution in [1.82, 2.24) is 14.7 Å². The number of benzene rings is 1. The minimum atomic E-state index is -3.54. The van der Waals surface area contributed by atoms with Crippen molar-refractivity contribution in [2.75, 3.05) is 6.54 Å². The number of rotatable bonds is 6. The third-order valence-electron chi connectivity index (χ3n) is 3.45. The van der Waals surface area contributed by atoms with Gasteiger partial charge in [-0.05, 0) is 36.6 Å². The maximum absolute atomic E-state index is 12.4. The number of H-pyrrole nitrogens is 1. The largest absolute Gasteiger partial charge is 0.348 e. The summed E-state index contributed by atoms with van der Waals surface area (Å²) in [6, 6.07) is 3.56. The highest BCUT2D eigenvalue weighted by atomic mass is 32.2. The Morgan fingerprint density at radius 2 is 2.10 bits per heavy atom. The predicted octanol–water partition coefficient (Wildman–Crippen LogP) is 1.01. The van der Waals surface area contributed by atoms with E-state index in [1.807, 2.05) is 13.0 Å². The molecule has 7 heteroatoms. The third kappa shape index (κ3) is 3.69. The maximum atomic E-state index is 12.4. The lowest BCUT2D eigenvalue weighted by atomic mass is 10.1. The van der Waals surface area contributed by atoms with E-state index in [1.165, 1.54) is 0 Å². The summed E-state index contributed by atoms with van der Waals surface area (Å²) in [5, 5.41) is 0. The molecule has 114 valence electrons. The van der Waals surface area contributed by atoms with Crippen LogP contribution in [-0.4, -0.2) is 24.9 Å². The van der Waals surface area contributed by atoms with Crippen molar-refractivity contribution in [3.05, 3.63) is 47.0 Å². The van der Waals surface area contributed by atoms with E-state index in [0.29, 0.717) is 24.4 Å². The second-order valence-corrected chi connectivity index (χ2v) is 6.70. The Bertz CT molecular complexity index is 709. The molecule has 0 spiro atoms. The van der Waals surface area contributed by atoms with Crippen molar-refractivity contribution in [2.45, 2.75) is 31.7 Å². The summed E-state index contributed by atoms with van der Waals surface area (Å²) >= 11 is 0. The van der Waals surface area contributed by atoms with Gasteiger partial charge in [-0.15, -0.1) is 0 Å². The summed E-state index contributed by atoms with van der Waals surface area (Å²) in [6.45, 7) is 4.32. The third-order valence-corrected chi connectivity index (χ3v) is 5.03. The molecule has 0 radical (unpaired) electrons. The van der Waals surface area contributed by atoms with Gasteiger partial charge in [-0.25, -0.2) is 18.1 Å². The van der Waals surface area contributed by atoms with Gasteiger partial charge in [0.15, 0.2) is 0 Å². The number of aromatic amines is 1. The van der Waals surface area contributed by atoms with Gasteiger partial charge in [-0.2, -0.15) is 0 Å². The molecule has 0 aliphatic heterocycles. The van der Waals surface area contributed by atoms with Gasteiger partial charge in [0.05, 0.1) is 11.2 Å². The standard InChI is InChI=1S/C14H20N4O2S/c1-10-5-12(7-15)6-14(11(10)2)21(19,20)18-4-3-13-8-16-9-17-13/h5-6,8-9,18H,3-4,7,15H2,1-2H3,(H,16,17). The molecule has 1 heterocycles. The maximum Gasteiger partial charge on any atom is 0.240 e. The first-order valence-electron chi connectivity index (χ1n) is 6.71. The first-order valence-corrected chi connectivity index (χ1v) is 8.19. The van der Waals surface area contributed by atoms with E-state index in [9.17, 15) is 8.42 Å². The molecule has 4 N–H and O–H groups in total. The molecule has 0 saturated heterocycles. The van der Waals surface area contributed by atoms with Crippen molar-refractivity contribution in [2.24, 2.45) is 5.73 Å². The number of aromatic nitrogens is 2. The first kappa shape index (κ1) is 15.7. The minimum absolute atomic E-state index is 0.299. The van der Waals surface area contributed by atoms with Crippen LogP contribution < -0.4 is 10.5 Å². The molecule has 0 fully saturated rings. The van der Waals surface area contributed by atoms with Gasteiger partial charge in [-0.1, -0.05) is 6.07 Å². The monoisotopic (exact) mass is 308 g/mol. The molecule has 0 bridgehead atoms. The van der Waals surface area contributed by atoms with Crippen molar-refractivity contribution in [3.8, 4) is 0 Å². The van der Waals surface area contributed by atoms with Gasteiger partial charge < -0.3 is 10.7 Å². The van der Waals surface area contributed by atoms with Crippen LogP contribution in [0.5, 0.6) is 0 Å². The molecule has 1 aromatic heterocycles. The Labute approximate surface area is 124 Å². The molecular formula is C14H20N4O2S. The molecule has 2 rings (SSSR count). The van der Waals surface area contributed by atoms with Crippen LogP contribution in [0.2, 0.25) is 0 Å². The SMILES string of the molecule is Cc1cc(CN)cc(S(=O)(=O)NCCc2cnc[nH]2)c1C. The van der Waals surface area contributed by atoms with E-state index in [2.05, 4.69) is 14.7 Å². The summed E-state index contributed by atoms with van der Waals surface area (Å²) in [5.41, 5.74) is 9.00. The lowest BCUT2D eigenvalue weighted by molar-refractivity contribution is 0.580. The van der Waals surface area contributed by atoms with Crippen molar-refractivity contribution in [1.29, 1.82) is 0 Å². The van der Waals surface area contributed by atoms with Gasteiger partial charge in [0.1, 0.15) is 0 Å². The highest BCUT2D eigenvalue weighted by molar-refractivity contribution is 7.89. The highest BCUT2D eigenvalue weighted by Gasteiger charge is 2.18. The Morgan fingerprint density at radius 1 is 1.33 bits per heavy atom. The fourth-order valence-electron chi connectivity index (χ4n) is 2.12. The topological polar surface area (TPSA) is 101 Å². The summed E-state index contributed by atoms with van der Waals surface area (Å²) in [5.74, 6) is 0. The zero-order valence-electron chi connectivity index (χ0n) is 12.2. The number of imidazole rings is 1. The van der Waals surface area contributed by atoms with Gasteiger partial charge in [-0.3, -0.25) is 0 Å². The number of aryl methyl sites for hydroxylation is 1. The Kier molecular flexibility index (Phi) is 4.76. The molecule has 0 unspecified atom stereocenters. The summed E-state index contributed by atoms with van der Waals surface area (Å²) in [6.07, 6.45) is 3.81. The van der Waals surface area contributed by atoms with Gasteiger partial charge in [0.2, 0.25) is 10.0 Å². The number of hydrogen-bond acceptors (Lipinski definition) is 4. The van der Waals surface area contributed by atoms with Crippen LogP contribution in [-0.2, 0) is 23.0 Å².